The van der Waals surface area contributed by atoms with Crippen LogP contribution in [0.5, 0.6) is 0 Å². The van der Waals surface area contributed by atoms with E-state index >= 15 is 0 Å². The minimum absolute atomic E-state index is 0.145. The summed E-state index contributed by atoms with van der Waals surface area (Å²) in [5.74, 6) is 0.414. The summed E-state index contributed by atoms with van der Waals surface area (Å²) in [5.41, 5.74) is 0.905. The highest BCUT2D eigenvalue weighted by Crippen LogP contribution is 2.23. The Morgan fingerprint density at radius 1 is 1.38 bits per heavy atom. The molecular weight excluding hydrogens is 227 g/mol. The van der Waals surface area contributed by atoms with Gasteiger partial charge in [0.1, 0.15) is 5.82 Å². The standard InChI is InChI=1S/C13H18ClFO/c1-9(2)5-10(8-16)6-11-3-4-12(15)7-13(11)14/h3-4,7,9-10,16H,5-6,8H2,1-2H3. The third-order valence-corrected chi connectivity index (χ3v) is 2.94. The van der Waals surface area contributed by atoms with Crippen molar-refractivity contribution >= 4 is 11.6 Å². The van der Waals surface area contributed by atoms with Gasteiger partial charge >= 0.3 is 0 Å². The topological polar surface area (TPSA) is 20.2 Å². The fraction of sp³-hybridized carbons (Fsp3) is 0.538. The number of rotatable bonds is 5. The van der Waals surface area contributed by atoms with E-state index < -0.39 is 0 Å². The van der Waals surface area contributed by atoms with Crippen molar-refractivity contribution < 1.29 is 9.50 Å². The van der Waals surface area contributed by atoms with Crippen LogP contribution in [0.2, 0.25) is 5.02 Å². The summed E-state index contributed by atoms with van der Waals surface area (Å²) in [6.45, 7) is 4.38. The maximum atomic E-state index is 12.8. The number of benzene rings is 1. The third kappa shape index (κ3) is 4.11. The fourth-order valence-electron chi connectivity index (χ4n) is 1.89. The Morgan fingerprint density at radius 3 is 2.56 bits per heavy atom. The van der Waals surface area contributed by atoms with E-state index in [9.17, 15) is 9.50 Å². The molecule has 1 rings (SSSR count). The van der Waals surface area contributed by atoms with Gasteiger partial charge in [0.2, 0.25) is 0 Å². The Labute approximate surface area is 101 Å². The molecule has 0 saturated heterocycles. The molecule has 0 heterocycles. The molecule has 0 saturated carbocycles. The molecule has 16 heavy (non-hydrogen) atoms. The Balaban J connectivity index is 2.70. The zero-order chi connectivity index (χ0) is 12.1. The van der Waals surface area contributed by atoms with E-state index in [1.165, 1.54) is 12.1 Å². The first-order valence-corrected chi connectivity index (χ1v) is 5.95. The summed E-state index contributed by atoms with van der Waals surface area (Å²) < 4.78 is 12.8. The van der Waals surface area contributed by atoms with E-state index in [-0.39, 0.29) is 18.3 Å². The zero-order valence-electron chi connectivity index (χ0n) is 9.71. The van der Waals surface area contributed by atoms with Gasteiger partial charge in [-0.1, -0.05) is 31.5 Å². The lowest BCUT2D eigenvalue weighted by Gasteiger charge is -2.17. The molecule has 3 heteroatoms. The quantitative estimate of drug-likeness (QED) is 0.838. The Bertz CT molecular complexity index is 339. The van der Waals surface area contributed by atoms with Gasteiger partial charge in [0.25, 0.3) is 0 Å². The van der Waals surface area contributed by atoms with E-state index in [0.29, 0.717) is 17.4 Å². The minimum atomic E-state index is -0.321. The van der Waals surface area contributed by atoms with Crippen LogP contribution in [0.3, 0.4) is 0 Å². The number of hydrogen-bond acceptors (Lipinski definition) is 1. The van der Waals surface area contributed by atoms with Crippen molar-refractivity contribution in [2.75, 3.05) is 6.61 Å². The molecule has 90 valence electrons. The van der Waals surface area contributed by atoms with Crippen LogP contribution in [0, 0.1) is 17.7 Å². The molecule has 0 aromatic heterocycles. The molecule has 1 N–H and O–H groups in total. The zero-order valence-corrected chi connectivity index (χ0v) is 10.5. The Morgan fingerprint density at radius 2 is 2.06 bits per heavy atom. The van der Waals surface area contributed by atoms with Gasteiger partial charge in [0.05, 0.1) is 0 Å². The molecule has 1 nitrogen and oxygen atoms in total. The molecule has 0 aliphatic heterocycles. The van der Waals surface area contributed by atoms with E-state index in [4.69, 9.17) is 11.6 Å². The summed E-state index contributed by atoms with van der Waals surface area (Å²) in [7, 11) is 0. The van der Waals surface area contributed by atoms with Crippen molar-refractivity contribution in [3.63, 3.8) is 0 Å². The van der Waals surface area contributed by atoms with Gasteiger partial charge in [0.15, 0.2) is 0 Å². The average Bonchev–Trinajstić information content (AvgIpc) is 2.20. The van der Waals surface area contributed by atoms with Crippen LogP contribution < -0.4 is 0 Å². The minimum Gasteiger partial charge on any atom is -0.396 e. The van der Waals surface area contributed by atoms with E-state index in [2.05, 4.69) is 13.8 Å². The van der Waals surface area contributed by atoms with Crippen molar-refractivity contribution in [1.29, 1.82) is 0 Å². The molecule has 0 aliphatic carbocycles. The first-order valence-electron chi connectivity index (χ1n) is 5.57. The predicted octanol–water partition coefficient (Wildman–Crippen LogP) is 3.68. The maximum absolute atomic E-state index is 12.8. The summed E-state index contributed by atoms with van der Waals surface area (Å²) >= 11 is 5.95. The fourth-order valence-corrected chi connectivity index (χ4v) is 2.13. The van der Waals surface area contributed by atoms with Crippen LogP contribution in [-0.4, -0.2) is 11.7 Å². The molecule has 0 fully saturated rings. The summed E-state index contributed by atoms with van der Waals surface area (Å²) in [5, 5.41) is 9.71. The lowest BCUT2D eigenvalue weighted by Crippen LogP contribution is -2.12. The average molecular weight is 245 g/mol. The SMILES string of the molecule is CC(C)CC(CO)Cc1ccc(F)cc1Cl. The third-order valence-electron chi connectivity index (χ3n) is 2.59. The molecule has 0 radical (unpaired) electrons. The van der Waals surface area contributed by atoms with Crippen LogP contribution in [0.15, 0.2) is 18.2 Å². The van der Waals surface area contributed by atoms with Gasteiger partial charge < -0.3 is 5.11 Å². The lowest BCUT2D eigenvalue weighted by molar-refractivity contribution is 0.205. The van der Waals surface area contributed by atoms with Crippen LogP contribution in [0.4, 0.5) is 4.39 Å². The van der Waals surface area contributed by atoms with Crippen molar-refractivity contribution in [2.24, 2.45) is 11.8 Å². The van der Waals surface area contributed by atoms with Crippen LogP contribution in [0.1, 0.15) is 25.8 Å². The summed E-state index contributed by atoms with van der Waals surface area (Å²) in [6, 6.07) is 4.42. The molecule has 0 amide bonds. The number of aliphatic hydroxyl groups excluding tert-OH is 1. The first kappa shape index (κ1) is 13.5. The molecular formula is C13H18ClFO. The molecule has 1 aromatic carbocycles. The molecule has 0 spiro atoms. The molecule has 1 unspecified atom stereocenters. The highest BCUT2D eigenvalue weighted by Gasteiger charge is 2.13. The lowest BCUT2D eigenvalue weighted by atomic mass is 9.91. The van der Waals surface area contributed by atoms with Gasteiger partial charge in [0, 0.05) is 11.6 Å². The second-order valence-corrected chi connectivity index (χ2v) is 5.03. The van der Waals surface area contributed by atoms with E-state index in [1.807, 2.05) is 0 Å². The number of aliphatic hydroxyl groups is 1. The summed E-state index contributed by atoms with van der Waals surface area (Å²) in [6.07, 6.45) is 1.65. The van der Waals surface area contributed by atoms with Gasteiger partial charge in [-0.05, 0) is 42.4 Å². The molecule has 0 bridgehead atoms. The maximum Gasteiger partial charge on any atom is 0.124 e. The second kappa shape index (κ2) is 6.21. The Hall–Kier alpha value is -0.600. The van der Waals surface area contributed by atoms with Gasteiger partial charge in [-0.2, -0.15) is 0 Å². The van der Waals surface area contributed by atoms with Gasteiger partial charge in [-0.15, -0.1) is 0 Å². The van der Waals surface area contributed by atoms with Crippen LogP contribution in [-0.2, 0) is 6.42 Å². The van der Waals surface area contributed by atoms with Crippen molar-refractivity contribution in [3.8, 4) is 0 Å². The van der Waals surface area contributed by atoms with Crippen LogP contribution in [0.25, 0.3) is 0 Å². The molecule has 1 aromatic rings. The smallest absolute Gasteiger partial charge is 0.124 e. The normalized spacial score (nSPS) is 13.1. The monoisotopic (exact) mass is 244 g/mol. The predicted molar refractivity (Wildman–Crippen MR) is 65.1 cm³/mol. The first-order chi connectivity index (χ1) is 7.52. The highest BCUT2D eigenvalue weighted by molar-refractivity contribution is 6.31. The number of halogens is 2. The number of hydrogen-bond donors (Lipinski definition) is 1. The van der Waals surface area contributed by atoms with Crippen LogP contribution >= 0.6 is 11.6 Å². The molecule has 1 atom stereocenters. The van der Waals surface area contributed by atoms with Gasteiger partial charge in [-0.3, -0.25) is 0 Å². The van der Waals surface area contributed by atoms with E-state index in [1.54, 1.807) is 6.07 Å². The van der Waals surface area contributed by atoms with Crippen molar-refractivity contribution in [1.82, 2.24) is 0 Å². The van der Waals surface area contributed by atoms with Crippen molar-refractivity contribution in [3.05, 3.63) is 34.6 Å². The van der Waals surface area contributed by atoms with Crippen molar-refractivity contribution in [2.45, 2.75) is 26.7 Å². The summed E-state index contributed by atoms with van der Waals surface area (Å²) in [4.78, 5) is 0. The largest absolute Gasteiger partial charge is 0.396 e. The highest BCUT2D eigenvalue weighted by atomic mass is 35.5. The van der Waals surface area contributed by atoms with E-state index in [0.717, 1.165) is 12.0 Å². The Kier molecular flexibility index (Phi) is 5.23. The molecule has 0 aliphatic rings. The van der Waals surface area contributed by atoms with Gasteiger partial charge in [-0.25, -0.2) is 4.39 Å². The second-order valence-electron chi connectivity index (χ2n) is 4.62.